The van der Waals surface area contributed by atoms with E-state index in [1.54, 1.807) is 30.5 Å². The van der Waals surface area contributed by atoms with Crippen molar-refractivity contribution in [2.45, 2.75) is 6.92 Å². The Balaban J connectivity index is 1.95. The first-order valence-electron chi connectivity index (χ1n) is 7.26. The van der Waals surface area contributed by atoms with Crippen molar-refractivity contribution in [2.75, 3.05) is 0 Å². The van der Waals surface area contributed by atoms with Crippen molar-refractivity contribution < 1.29 is 9.90 Å². The summed E-state index contributed by atoms with van der Waals surface area (Å²) in [5.41, 5.74) is 3.96. The van der Waals surface area contributed by atoms with Gasteiger partial charge in [-0.15, -0.1) is 0 Å². The van der Waals surface area contributed by atoms with Crippen LogP contribution in [0.5, 0.6) is 0 Å². The number of carboxylic acids is 1. The summed E-state index contributed by atoms with van der Waals surface area (Å²) in [6.45, 7) is 2.04. The number of carbonyl (C=O) groups is 1. The van der Waals surface area contributed by atoms with Crippen LogP contribution in [0.15, 0.2) is 71.7 Å². The molecule has 0 saturated heterocycles. The van der Waals surface area contributed by atoms with Crippen LogP contribution in [-0.4, -0.2) is 21.9 Å². The second kappa shape index (κ2) is 6.32. The zero-order valence-corrected chi connectivity index (χ0v) is 12.7. The number of para-hydroxylation sites is 1. The van der Waals surface area contributed by atoms with E-state index in [9.17, 15) is 4.79 Å². The normalized spacial score (nSPS) is 11.0. The molecule has 0 radical (unpaired) electrons. The van der Waals surface area contributed by atoms with Gasteiger partial charge in [0.15, 0.2) is 0 Å². The van der Waals surface area contributed by atoms with Gasteiger partial charge < -0.3 is 9.67 Å². The minimum absolute atomic E-state index is 0.231. The smallest absolute Gasteiger partial charge is 0.335 e. The van der Waals surface area contributed by atoms with E-state index in [0.29, 0.717) is 5.69 Å². The van der Waals surface area contributed by atoms with Crippen molar-refractivity contribution in [3.8, 4) is 5.69 Å². The Labute approximate surface area is 134 Å². The Morgan fingerprint density at radius 2 is 1.83 bits per heavy atom. The van der Waals surface area contributed by atoms with Crippen LogP contribution in [0.25, 0.3) is 5.69 Å². The average molecular weight is 304 g/mol. The third-order valence-corrected chi connectivity index (χ3v) is 3.56. The van der Waals surface area contributed by atoms with Crippen molar-refractivity contribution >= 4 is 17.9 Å². The number of hydrogen-bond donors (Lipinski definition) is 1. The summed E-state index contributed by atoms with van der Waals surface area (Å²) >= 11 is 0. The van der Waals surface area contributed by atoms with Gasteiger partial charge in [-0.05, 0) is 49.4 Å². The van der Waals surface area contributed by atoms with E-state index < -0.39 is 5.97 Å². The lowest BCUT2D eigenvalue weighted by Gasteiger charge is -2.08. The molecule has 0 saturated carbocycles. The molecular formula is C19H16N2O2. The molecular weight excluding hydrogens is 288 g/mol. The van der Waals surface area contributed by atoms with Crippen LogP contribution >= 0.6 is 0 Å². The molecule has 1 heterocycles. The number of benzene rings is 2. The first-order valence-corrected chi connectivity index (χ1v) is 7.26. The fraction of sp³-hybridized carbons (Fsp3) is 0.0526. The maximum Gasteiger partial charge on any atom is 0.335 e. The van der Waals surface area contributed by atoms with Crippen molar-refractivity contribution in [1.29, 1.82) is 0 Å². The molecule has 0 bridgehead atoms. The number of aliphatic imine (C=N–C) groups is 1. The lowest BCUT2D eigenvalue weighted by molar-refractivity contribution is 0.0697. The van der Waals surface area contributed by atoms with Crippen LogP contribution in [0.1, 0.15) is 21.7 Å². The molecule has 3 rings (SSSR count). The summed E-state index contributed by atoms with van der Waals surface area (Å²) in [4.78, 5) is 15.4. The fourth-order valence-electron chi connectivity index (χ4n) is 2.45. The average Bonchev–Trinajstić information content (AvgIpc) is 2.94. The first-order chi connectivity index (χ1) is 11.1. The standard InChI is InChI=1S/C19H16N2O2/c1-14-10-11-18(21(14)17-8-3-2-4-9-17)13-20-16-7-5-6-15(12-16)19(22)23/h2-13H,1H3,(H,22,23). The van der Waals surface area contributed by atoms with Crippen LogP contribution in [0, 0.1) is 6.92 Å². The number of aryl methyl sites for hydroxylation is 1. The molecule has 0 aliphatic carbocycles. The maximum atomic E-state index is 11.0. The lowest BCUT2D eigenvalue weighted by atomic mass is 10.2. The summed E-state index contributed by atoms with van der Waals surface area (Å²) < 4.78 is 2.10. The fourth-order valence-corrected chi connectivity index (χ4v) is 2.45. The predicted octanol–water partition coefficient (Wildman–Crippen LogP) is 4.23. The van der Waals surface area contributed by atoms with Crippen LogP contribution < -0.4 is 0 Å². The molecule has 4 heteroatoms. The molecule has 1 N–H and O–H groups in total. The van der Waals surface area contributed by atoms with Gasteiger partial charge in [-0.2, -0.15) is 0 Å². The minimum atomic E-state index is -0.953. The quantitative estimate of drug-likeness (QED) is 0.733. The van der Waals surface area contributed by atoms with E-state index in [0.717, 1.165) is 17.1 Å². The minimum Gasteiger partial charge on any atom is -0.478 e. The molecule has 4 nitrogen and oxygen atoms in total. The molecule has 2 aromatic carbocycles. The second-order valence-electron chi connectivity index (χ2n) is 5.18. The van der Waals surface area contributed by atoms with Gasteiger partial charge in [0.05, 0.1) is 23.2 Å². The van der Waals surface area contributed by atoms with Gasteiger partial charge in [-0.25, -0.2) is 4.79 Å². The van der Waals surface area contributed by atoms with Crippen molar-refractivity contribution in [3.63, 3.8) is 0 Å². The highest BCUT2D eigenvalue weighted by atomic mass is 16.4. The van der Waals surface area contributed by atoms with Crippen molar-refractivity contribution in [3.05, 3.63) is 83.7 Å². The summed E-state index contributed by atoms with van der Waals surface area (Å²) in [5, 5.41) is 9.03. The van der Waals surface area contributed by atoms with Gasteiger partial charge in [-0.1, -0.05) is 24.3 Å². The SMILES string of the molecule is Cc1ccc(C=Nc2cccc(C(=O)O)c2)n1-c1ccccc1. The highest BCUT2D eigenvalue weighted by molar-refractivity contribution is 5.89. The number of rotatable bonds is 4. The zero-order chi connectivity index (χ0) is 16.2. The highest BCUT2D eigenvalue weighted by Crippen LogP contribution is 2.18. The van der Waals surface area contributed by atoms with E-state index in [4.69, 9.17) is 5.11 Å². The number of aromatic nitrogens is 1. The molecule has 0 aliphatic heterocycles. The van der Waals surface area contributed by atoms with E-state index in [2.05, 4.69) is 9.56 Å². The first kappa shape index (κ1) is 14.8. The van der Waals surface area contributed by atoms with Crippen LogP contribution in [0.3, 0.4) is 0 Å². The molecule has 0 amide bonds. The maximum absolute atomic E-state index is 11.0. The van der Waals surface area contributed by atoms with Crippen LogP contribution in [0.4, 0.5) is 5.69 Å². The molecule has 0 aliphatic rings. The predicted molar refractivity (Wildman–Crippen MR) is 91.2 cm³/mol. The summed E-state index contributed by atoms with van der Waals surface area (Å²) in [6.07, 6.45) is 1.75. The molecule has 0 atom stereocenters. The monoisotopic (exact) mass is 304 g/mol. The van der Waals surface area contributed by atoms with Crippen LogP contribution in [-0.2, 0) is 0 Å². The van der Waals surface area contributed by atoms with Crippen molar-refractivity contribution in [2.24, 2.45) is 4.99 Å². The molecule has 114 valence electrons. The molecule has 3 aromatic rings. The molecule has 0 fully saturated rings. The van der Waals surface area contributed by atoms with Crippen LogP contribution in [0.2, 0.25) is 0 Å². The van der Waals surface area contributed by atoms with E-state index in [-0.39, 0.29) is 5.56 Å². The topological polar surface area (TPSA) is 54.6 Å². The largest absolute Gasteiger partial charge is 0.478 e. The number of hydrogen-bond acceptors (Lipinski definition) is 2. The van der Waals surface area contributed by atoms with E-state index >= 15 is 0 Å². The van der Waals surface area contributed by atoms with Crippen molar-refractivity contribution in [1.82, 2.24) is 4.57 Å². The van der Waals surface area contributed by atoms with Gasteiger partial charge in [0.2, 0.25) is 0 Å². The Kier molecular flexibility index (Phi) is 4.06. The number of nitrogens with zero attached hydrogens (tertiary/aromatic N) is 2. The Hall–Kier alpha value is -3.14. The zero-order valence-electron chi connectivity index (χ0n) is 12.7. The molecule has 0 unspecified atom stereocenters. The number of aromatic carboxylic acids is 1. The molecule has 23 heavy (non-hydrogen) atoms. The van der Waals surface area contributed by atoms with Gasteiger partial charge in [0.25, 0.3) is 0 Å². The Bertz CT molecular complexity index is 864. The lowest BCUT2D eigenvalue weighted by Crippen LogP contribution is -2.01. The highest BCUT2D eigenvalue weighted by Gasteiger charge is 2.06. The Morgan fingerprint density at radius 3 is 2.57 bits per heavy atom. The van der Waals surface area contributed by atoms with Gasteiger partial charge in [0.1, 0.15) is 0 Å². The third-order valence-electron chi connectivity index (χ3n) is 3.56. The second-order valence-corrected chi connectivity index (χ2v) is 5.18. The number of carboxylic acid groups (broad SMARTS) is 1. The molecule has 1 aromatic heterocycles. The Morgan fingerprint density at radius 1 is 1.04 bits per heavy atom. The van der Waals surface area contributed by atoms with E-state index in [1.807, 2.05) is 49.4 Å². The summed E-state index contributed by atoms with van der Waals surface area (Å²) in [7, 11) is 0. The molecule has 0 spiro atoms. The van der Waals surface area contributed by atoms with Gasteiger partial charge in [0, 0.05) is 11.4 Å². The van der Waals surface area contributed by atoms with Gasteiger partial charge in [-0.3, -0.25) is 4.99 Å². The third kappa shape index (κ3) is 3.21. The van der Waals surface area contributed by atoms with Gasteiger partial charge >= 0.3 is 5.97 Å². The summed E-state index contributed by atoms with van der Waals surface area (Å²) in [5.74, 6) is -0.953. The summed E-state index contributed by atoms with van der Waals surface area (Å²) in [6, 6.07) is 20.6. The van der Waals surface area contributed by atoms with E-state index in [1.165, 1.54) is 0 Å².